The first-order valence-electron chi connectivity index (χ1n) is 5.84. The number of hydrogen-bond acceptors (Lipinski definition) is 4. The molecule has 0 spiro atoms. The summed E-state index contributed by atoms with van der Waals surface area (Å²) in [6.45, 7) is 2.29. The van der Waals surface area contributed by atoms with Crippen LogP contribution >= 0.6 is 11.7 Å². The van der Waals surface area contributed by atoms with E-state index in [4.69, 9.17) is 5.73 Å². The van der Waals surface area contributed by atoms with Crippen molar-refractivity contribution in [1.29, 1.82) is 0 Å². The Morgan fingerprint density at radius 1 is 1.47 bits per heavy atom. The minimum Gasteiger partial charge on any atom is -0.322 e. The van der Waals surface area contributed by atoms with Crippen LogP contribution in [0.4, 0.5) is 0 Å². The summed E-state index contributed by atoms with van der Waals surface area (Å²) >= 11 is 1.26. The van der Waals surface area contributed by atoms with E-state index in [9.17, 15) is 0 Å². The van der Waals surface area contributed by atoms with E-state index in [-0.39, 0.29) is 6.04 Å². The lowest BCUT2D eigenvalue weighted by molar-refractivity contribution is 0.238. The molecule has 2 rings (SSSR count). The Morgan fingerprint density at radius 2 is 2.20 bits per heavy atom. The molecule has 1 aliphatic carbocycles. The van der Waals surface area contributed by atoms with Crippen molar-refractivity contribution >= 4 is 11.7 Å². The zero-order valence-electron chi connectivity index (χ0n) is 9.22. The molecule has 1 heterocycles. The molecule has 1 fully saturated rings. The van der Waals surface area contributed by atoms with Crippen LogP contribution in [0.15, 0.2) is 6.20 Å². The molecule has 0 aliphatic heterocycles. The fourth-order valence-corrected chi connectivity index (χ4v) is 2.98. The summed E-state index contributed by atoms with van der Waals surface area (Å²) in [7, 11) is 0. The Bertz CT molecular complexity index is 278. The first-order valence-corrected chi connectivity index (χ1v) is 6.57. The van der Waals surface area contributed by atoms with Gasteiger partial charge in [0.1, 0.15) is 0 Å². The highest BCUT2D eigenvalue weighted by Crippen LogP contribution is 2.36. The second-order valence-electron chi connectivity index (χ2n) is 4.55. The number of nitrogens with two attached hydrogens (primary N) is 1. The van der Waals surface area contributed by atoms with Crippen molar-refractivity contribution in [2.24, 2.45) is 17.6 Å². The zero-order valence-corrected chi connectivity index (χ0v) is 10.0. The van der Waals surface area contributed by atoms with Crippen LogP contribution in [0, 0.1) is 11.8 Å². The van der Waals surface area contributed by atoms with Gasteiger partial charge < -0.3 is 5.73 Å². The maximum absolute atomic E-state index is 6.21. The molecule has 1 saturated carbocycles. The summed E-state index contributed by atoms with van der Waals surface area (Å²) in [6.07, 6.45) is 8.34. The first kappa shape index (κ1) is 11.0. The van der Waals surface area contributed by atoms with E-state index in [1.807, 2.05) is 6.20 Å². The molecular formula is C11H19N3S. The Hall–Kier alpha value is -0.480. The molecular weight excluding hydrogens is 206 g/mol. The van der Waals surface area contributed by atoms with E-state index in [2.05, 4.69) is 15.7 Å². The molecule has 0 bridgehead atoms. The summed E-state index contributed by atoms with van der Waals surface area (Å²) in [5, 5.41) is 0. The standard InChI is InChI=1S/C11H19N3S/c1-2-8-3-5-9(6-4-8)11(12)10-7-13-15-14-10/h7-9,11H,2-6,12H2,1H3. The fourth-order valence-electron chi connectivity index (χ4n) is 2.52. The summed E-state index contributed by atoms with van der Waals surface area (Å²) in [5.74, 6) is 1.55. The predicted octanol–water partition coefficient (Wildman–Crippen LogP) is 2.75. The van der Waals surface area contributed by atoms with Gasteiger partial charge in [0.2, 0.25) is 0 Å². The molecule has 15 heavy (non-hydrogen) atoms. The second kappa shape index (κ2) is 5.03. The molecule has 0 aromatic carbocycles. The largest absolute Gasteiger partial charge is 0.322 e. The molecule has 0 amide bonds. The molecule has 84 valence electrons. The fraction of sp³-hybridized carbons (Fsp3) is 0.818. The molecule has 3 nitrogen and oxygen atoms in total. The van der Waals surface area contributed by atoms with E-state index in [0.717, 1.165) is 11.6 Å². The van der Waals surface area contributed by atoms with Crippen LogP contribution in [0.5, 0.6) is 0 Å². The first-order chi connectivity index (χ1) is 7.31. The highest BCUT2D eigenvalue weighted by molar-refractivity contribution is 6.99. The quantitative estimate of drug-likeness (QED) is 0.860. The highest BCUT2D eigenvalue weighted by atomic mass is 32.1. The van der Waals surface area contributed by atoms with Gasteiger partial charge in [0.25, 0.3) is 0 Å². The van der Waals surface area contributed by atoms with E-state index in [1.165, 1.54) is 43.8 Å². The average molecular weight is 225 g/mol. The SMILES string of the molecule is CCC1CCC(C(N)c2cnsn2)CC1. The molecule has 0 radical (unpaired) electrons. The van der Waals surface area contributed by atoms with Gasteiger partial charge in [-0.05, 0) is 24.7 Å². The van der Waals surface area contributed by atoms with E-state index >= 15 is 0 Å². The normalized spacial score (nSPS) is 28.9. The maximum atomic E-state index is 6.21. The minimum absolute atomic E-state index is 0.113. The van der Waals surface area contributed by atoms with Crippen LogP contribution in [0.2, 0.25) is 0 Å². The topological polar surface area (TPSA) is 51.8 Å². The molecule has 1 atom stereocenters. The summed E-state index contributed by atoms with van der Waals surface area (Å²) < 4.78 is 8.26. The number of aromatic nitrogens is 2. The van der Waals surface area contributed by atoms with Crippen molar-refractivity contribution in [3.8, 4) is 0 Å². The van der Waals surface area contributed by atoms with Gasteiger partial charge in [0.15, 0.2) is 0 Å². The van der Waals surface area contributed by atoms with Crippen molar-refractivity contribution in [3.05, 3.63) is 11.9 Å². The Kier molecular flexibility index (Phi) is 3.70. The van der Waals surface area contributed by atoms with Gasteiger partial charge in [-0.2, -0.15) is 8.75 Å². The molecule has 4 heteroatoms. The smallest absolute Gasteiger partial charge is 0.0912 e. The van der Waals surface area contributed by atoms with Gasteiger partial charge >= 0.3 is 0 Å². The van der Waals surface area contributed by atoms with Crippen molar-refractivity contribution in [1.82, 2.24) is 8.75 Å². The van der Waals surface area contributed by atoms with Crippen LogP contribution in [0.25, 0.3) is 0 Å². The van der Waals surface area contributed by atoms with Gasteiger partial charge in [0.05, 0.1) is 29.7 Å². The zero-order chi connectivity index (χ0) is 10.7. The lowest BCUT2D eigenvalue weighted by atomic mass is 9.77. The number of nitrogens with zero attached hydrogens (tertiary/aromatic N) is 2. The predicted molar refractivity (Wildman–Crippen MR) is 62.6 cm³/mol. The lowest BCUT2D eigenvalue weighted by Gasteiger charge is -2.30. The van der Waals surface area contributed by atoms with E-state index in [0.29, 0.717) is 5.92 Å². The van der Waals surface area contributed by atoms with Crippen molar-refractivity contribution in [2.45, 2.75) is 45.1 Å². The molecule has 1 aromatic rings. The van der Waals surface area contributed by atoms with Gasteiger partial charge in [-0.25, -0.2) is 0 Å². The van der Waals surface area contributed by atoms with Crippen LogP contribution in [0.3, 0.4) is 0 Å². The van der Waals surface area contributed by atoms with Crippen LogP contribution < -0.4 is 5.73 Å². The molecule has 1 unspecified atom stereocenters. The highest BCUT2D eigenvalue weighted by Gasteiger charge is 2.26. The molecule has 1 aliphatic rings. The van der Waals surface area contributed by atoms with Gasteiger partial charge in [-0.15, -0.1) is 0 Å². The summed E-state index contributed by atoms with van der Waals surface area (Å²) in [6, 6.07) is 0.113. The Balaban J connectivity index is 1.90. The van der Waals surface area contributed by atoms with Crippen LogP contribution in [-0.2, 0) is 0 Å². The average Bonchev–Trinajstić information content (AvgIpc) is 2.82. The summed E-state index contributed by atoms with van der Waals surface area (Å²) in [5.41, 5.74) is 7.19. The van der Waals surface area contributed by atoms with Crippen molar-refractivity contribution < 1.29 is 0 Å². The van der Waals surface area contributed by atoms with Crippen LogP contribution in [-0.4, -0.2) is 8.75 Å². The molecule has 2 N–H and O–H groups in total. The third kappa shape index (κ3) is 2.55. The number of hydrogen-bond donors (Lipinski definition) is 1. The van der Waals surface area contributed by atoms with Crippen molar-refractivity contribution in [3.63, 3.8) is 0 Å². The second-order valence-corrected chi connectivity index (χ2v) is 5.10. The summed E-state index contributed by atoms with van der Waals surface area (Å²) in [4.78, 5) is 0. The lowest BCUT2D eigenvalue weighted by Crippen LogP contribution is -2.26. The van der Waals surface area contributed by atoms with E-state index < -0.39 is 0 Å². The van der Waals surface area contributed by atoms with Gasteiger partial charge in [-0.3, -0.25) is 0 Å². The van der Waals surface area contributed by atoms with Crippen molar-refractivity contribution in [2.75, 3.05) is 0 Å². The monoisotopic (exact) mass is 225 g/mol. The van der Waals surface area contributed by atoms with Crippen LogP contribution in [0.1, 0.15) is 50.8 Å². The minimum atomic E-state index is 0.113. The van der Waals surface area contributed by atoms with Gasteiger partial charge in [0, 0.05) is 0 Å². The Morgan fingerprint density at radius 3 is 2.73 bits per heavy atom. The van der Waals surface area contributed by atoms with E-state index in [1.54, 1.807) is 0 Å². The number of rotatable bonds is 3. The third-order valence-electron chi connectivity index (χ3n) is 3.70. The maximum Gasteiger partial charge on any atom is 0.0912 e. The molecule has 0 saturated heterocycles. The van der Waals surface area contributed by atoms with Gasteiger partial charge in [-0.1, -0.05) is 26.2 Å². The molecule has 1 aromatic heterocycles. The Labute approximate surface area is 95.4 Å². The third-order valence-corrected chi connectivity index (χ3v) is 4.19.